The van der Waals surface area contributed by atoms with Gasteiger partial charge >= 0.3 is 0 Å². The second kappa shape index (κ2) is 4.99. The summed E-state index contributed by atoms with van der Waals surface area (Å²) in [7, 11) is 0. The van der Waals surface area contributed by atoms with Crippen molar-refractivity contribution in [3.63, 3.8) is 0 Å². The minimum atomic E-state index is 1.17. The van der Waals surface area contributed by atoms with Crippen LogP contribution in [0.25, 0.3) is 54.7 Å². The summed E-state index contributed by atoms with van der Waals surface area (Å²) in [6.45, 7) is 0. The third kappa shape index (κ3) is 1.76. The summed E-state index contributed by atoms with van der Waals surface area (Å²) in [5.74, 6) is 0. The smallest absolute Gasteiger partial charge is 0.0572 e. The van der Waals surface area contributed by atoms with Gasteiger partial charge in [-0.15, -0.1) is 0 Å². The fourth-order valence-electron chi connectivity index (χ4n) is 4.21. The number of nitrogens with one attached hydrogen (secondary N) is 2. The molecule has 2 N–H and O–H groups in total. The third-order valence-electron chi connectivity index (χ3n) is 5.33. The molecule has 0 aliphatic heterocycles. The van der Waals surface area contributed by atoms with Gasteiger partial charge in [0.05, 0.1) is 5.52 Å². The van der Waals surface area contributed by atoms with E-state index in [0.717, 1.165) is 0 Å². The van der Waals surface area contributed by atoms with Crippen molar-refractivity contribution in [2.24, 2.45) is 0 Å². The molecule has 4 aromatic carbocycles. The van der Waals surface area contributed by atoms with E-state index in [2.05, 4.69) is 94.9 Å². The molecule has 6 rings (SSSR count). The number of aromatic nitrogens is 2. The highest BCUT2D eigenvalue weighted by molar-refractivity contribution is 6.28. The van der Waals surface area contributed by atoms with E-state index < -0.39 is 0 Å². The summed E-state index contributed by atoms with van der Waals surface area (Å²) in [6.07, 6.45) is 0. The highest BCUT2D eigenvalue weighted by atomic mass is 14.7. The zero-order valence-corrected chi connectivity index (χ0v) is 14.1. The molecule has 26 heavy (non-hydrogen) atoms. The molecule has 0 fully saturated rings. The molecule has 2 heteroatoms. The molecule has 0 aliphatic rings. The van der Waals surface area contributed by atoms with Crippen LogP contribution in [-0.2, 0) is 0 Å². The monoisotopic (exact) mass is 332 g/mol. The van der Waals surface area contributed by atoms with Crippen molar-refractivity contribution < 1.29 is 0 Å². The number of benzene rings is 4. The molecule has 0 atom stereocenters. The molecule has 2 nitrogen and oxygen atoms in total. The Morgan fingerprint density at radius 2 is 1.12 bits per heavy atom. The molecule has 6 aromatic rings. The SMILES string of the molecule is c1ccc(-c2cc3[nH]c4ccccc4c3c3[nH]c4ccccc4c23)cc1. The lowest BCUT2D eigenvalue weighted by molar-refractivity contribution is 1.54. The number of para-hydroxylation sites is 2. The second-order valence-electron chi connectivity index (χ2n) is 6.80. The van der Waals surface area contributed by atoms with E-state index >= 15 is 0 Å². The van der Waals surface area contributed by atoms with Crippen molar-refractivity contribution in [2.45, 2.75) is 0 Å². The molecule has 0 radical (unpaired) electrons. The fourth-order valence-corrected chi connectivity index (χ4v) is 4.21. The molecule has 0 saturated heterocycles. The van der Waals surface area contributed by atoms with Gasteiger partial charge in [0.15, 0.2) is 0 Å². The van der Waals surface area contributed by atoms with E-state index in [-0.39, 0.29) is 0 Å². The van der Waals surface area contributed by atoms with Gasteiger partial charge in [0.1, 0.15) is 0 Å². The largest absolute Gasteiger partial charge is 0.354 e. The highest BCUT2D eigenvalue weighted by Crippen LogP contribution is 2.41. The first-order chi connectivity index (χ1) is 12.9. The van der Waals surface area contributed by atoms with Gasteiger partial charge in [0.25, 0.3) is 0 Å². The van der Waals surface area contributed by atoms with Crippen LogP contribution < -0.4 is 0 Å². The number of aromatic amines is 2. The molecule has 0 aliphatic carbocycles. The highest BCUT2D eigenvalue weighted by Gasteiger charge is 2.16. The summed E-state index contributed by atoms with van der Waals surface area (Å²) < 4.78 is 0. The van der Waals surface area contributed by atoms with Crippen LogP contribution in [0.4, 0.5) is 0 Å². The molecule has 0 spiro atoms. The summed E-state index contributed by atoms with van der Waals surface area (Å²) in [4.78, 5) is 7.29. The second-order valence-corrected chi connectivity index (χ2v) is 6.80. The Labute approximate surface area is 150 Å². The van der Waals surface area contributed by atoms with Crippen LogP contribution in [-0.4, -0.2) is 9.97 Å². The van der Waals surface area contributed by atoms with Gasteiger partial charge in [0.2, 0.25) is 0 Å². The summed E-state index contributed by atoms with van der Waals surface area (Å²) in [5.41, 5.74) is 7.23. The minimum Gasteiger partial charge on any atom is -0.354 e. The lowest BCUT2D eigenvalue weighted by Gasteiger charge is -2.06. The molecule has 122 valence electrons. The fraction of sp³-hybridized carbons (Fsp3) is 0. The van der Waals surface area contributed by atoms with Gasteiger partial charge in [-0.3, -0.25) is 0 Å². The number of rotatable bonds is 1. The molecule has 0 unspecified atom stereocenters. The Bertz CT molecular complexity index is 1420. The van der Waals surface area contributed by atoms with Crippen molar-refractivity contribution in [2.75, 3.05) is 0 Å². The summed E-state index contributed by atoms with van der Waals surface area (Å²) in [5, 5.41) is 5.10. The van der Waals surface area contributed by atoms with Gasteiger partial charge in [-0.1, -0.05) is 66.7 Å². The standard InChI is InChI=1S/C24H16N2/c1-2-8-15(9-3-1)18-14-21-23(17-11-5-6-12-19(17)25-21)24-22(18)16-10-4-7-13-20(16)26-24/h1-14,25-26H. The lowest BCUT2D eigenvalue weighted by Crippen LogP contribution is -1.81. The van der Waals surface area contributed by atoms with Crippen LogP contribution in [0.15, 0.2) is 84.9 Å². The predicted molar refractivity (Wildman–Crippen MR) is 111 cm³/mol. The molecular weight excluding hydrogens is 316 g/mol. The Morgan fingerprint density at radius 3 is 1.88 bits per heavy atom. The van der Waals surface area contributed by atoms with Crippen LogP contribution in [0.1, 0.15) is 0 Å². The van der Waals surface area contributed by atoms with E-state index in [0.29, 0.717) is 0 Å². The van der Waals surface area contributed by atoms with E-state index in [1.54, 1.807) is 0 Å². The van der Waals surface area contributed by atoms with Crippen LogP contribution in [0, 0.1) is 0 Å². The van der Waals surface area contributed by atoms with Gasteiger partial charge in [-0.05, 0) is 29.3 Å². The maximum Gasteiger partial charge on any atom is 0.0572 e. The number of H-pyrrole nitrogens is 2. The van der Waals surface area contributed by atoms with Crippen molar-refractivity contribution in [3.05, 3.63) is 84.9 Å². The lowest BCUT2D eigenvalue weighted by atomic mass is 9.97. The van der Waals surface area contributed by atoms with E-state index in [1.807, 2.05) is 0 Å². The van der Waals surface area contributed by atoms with Crippen molar-refractivity contribution in [3.8, 4) is 11.1 Å². The molecular formula is C24H16N2. The summed E-state index contributed by atoms with van der Waals surface area (Å²) in [6, 6.07) is 30.0. The van der Waals surface area contributed by atoms with E-state index in [9.17, 15) is 0 Å². The zero-order chi connectivity index (χ0) is 17.1. The maximum atomic E-state index is 3.69. The van der Waals surface area contributed by atoms with Gasteiger partial charge < -0.3 is 9.97 Å². The van der Waals surface area contributed by atoms with Crippen molar-refractivity contribution >= 4 is 43.6 Å². The molecule has 0 amide bonds. The zero-order valence-electron chi connectivity index (χ0n) is 14.1. The average Bonchev–Trinajstić information content (AvgIpc) is 3.26. The number of hydrogen-bond acceptors (Lipinski definition) is 0. The molecule has 2 aromatic heterocycles. The minimum absolute atomic E-state index is 1.17. The Morgan fingerprint density at radius 1 is 0.500 bits per heavy atom. The average molecular weight is 332 g/mol. The Balaban J connectivity index is 1.92. The predicted octanol–water partition coefficient (Wildman–Crippen LogP) is 6.62. The van der Waals surface area contributed by atoms with Crippen molar-refractivity contribution in [1.29, 1.82) is 0 Å². The molecule has 0 saturated carbocycles. The number of fused-ring (bicyclic) bond motifs is 7. The summed E-state index contributed by atoms with van der Waals surface area (Å²) >= 11 is 0. The van der Waals surface area contributed by atoms with Crippen molar-refractivity contribution in [1.82, 2.24) is 9.97 Å². The third-order valence-corrected chi connectivity index (χ3v) is 5.33. The quantitative estimate of drug-likeness (QED) is 0.339. The normalized spacial score (nSPS) is 11.8. The topological polar surface area (TPSA) is 31.6 Å². The maximum absolute atomic E-state index is 3.69. The number of hydrogen-bond donors (Lipinski definition) is 2. The van der Waals surface area contributed by atoms with Crippen LogP contribution in [0.3, 0.4) is 0 Å². The Kier molecular flexibility index (Phi) is 2.64. The van der Waals surface area contributed by atoms with Crippen LogP contribution in [0.2, 0.25) is 0 Å². The Hall–Kier alpha value is -3.52. The van der Waals surface area contributed by atoms with Crippen LogP contribution in [0.5, 0.6) is 0 Å². The van der Waals surface area contributed by atoms with Crippen LogP contribution >= 0.6 is 0 Å². The molecule has 0 bridgehead atoms. The van der Waals surface area contributed by atoms with Gasteiger partial charge in [-0.25, -0.2) is 0 Å². The van der Waals surface area contributed by atoms with Gasteiger partial charge in [-0.2, -0.15) is 0 Å². The first-order valence-corrected chi connectivity index (χ1v) is 8.89. The molecule has 2 heterocycles. The van der Waals surface area contributed by atoms with Gasteiger partial charge in [0, 0.05) is 38.1 Å². The first kappa shape index (κ1) is 13.7. The van der Waals surface area contributed by atoms with E-state index in [1.165, 1.54) is 54.7 Å². The van der Waals surface area contributed by atoms with E-state index in [4.69, 9.17) is 0 Å². The first-order valence-electron chi connectivity index (χ1n) is 8.89.